The first-order valence-electron chi connectivity index (χ1n) is 6.17. The van der Waals surface area contributed by atoms with E-state index in [1.165, 1.54) is 19.2 Å². The molecule has 0 spiro atoms. The highest BCUT2D eigenvalue weighted by atomic mass is 19.1. The molecule has 1 aliphatic carbocycles. The molecule has 1 aromatic rings. The number of methoxy groups -OCH3 is 1. The summed E-state index contributed by atoms with van der Waals surface area (Å²) < 4.78 is 18.3. The van der Waals surface area contributed by atoms with E-state index in [0.29, 0.717) is 18.4 Å². The van der Waals surface area contributed by atoms with Crippen molar-refractivity contribution in [3.63, 3.8) is 0 Å². The molecule has 0 radical (unpaired) electrons. The molecule has 0 unspecified atom stereocenters. The molecule has 1 aromatic carbocycles. The maximum absolute atomic E-state index is 13.4. The van der Waals surface area contributed by atoms with E-state index in [1.54, 1.807) is 6.07 Å². The molecule has 1 saturated carbocycles. The zero-order valence-electron chi connectivity index (χ0n) is 10.4. The number of benzene rings is 1. The summed E-state index contributed by atoms with van der Waals surface area (Å²) in [4.78, 5) is 11.6. The molecule has 0 atom stereocenters. The van der Waals surface area contributed by atoms with Gasteiger partial charge in [-0.3, -0.25) is 4.79 Å². The van der Waals surface area contributed by atoms with E-state index in [0.717, 1.165) is 19.3 Å². The van der Waals surface area contributed by atoms with Crippen LogP contribution in [0.3, 0.4) is 0 Å². The second-order valence-electron chi connectivity index (χ2n) is 4.80. The fourth-order valence-electron chi connectivity index (χ4n) is 2.74. The van der Waals surface area contributed by atoms with E-state index >= 15 is 0 Å². The van der Waals surface area contributed by atoms with Crippen molar-refractivity contribution >= 4 is 5.97 Å². The lowest BCUT2D eigenvalue weighted by Crippen LogP contribution is -2.37. The van der Waals surface area contributed by atoms with Crippen LogP contribution >= 0.6 is 0 Å². The van der Waals surface area contributed by atoms with Gasteiger partial charge in [-0.2, -0.15) is 0 Å². The van der Waals surface area contributed by atoms with Crippen molar-refractivity contribution in [3.8, 4) is 5.75 Å². The SMILES string of the molecule is COc1cc(C2(C(=O)O)CCCCC2)ccc1F. The summed E-state index contributed by atoms with van der Waals surface area (Å²) in [5, 5.41) is 9.54. The molecule has 0 aromatic heterocycles. The van der Waals surface area contributed by atoms with Gasteiger partial charge in [-0.1, -0.05) is 25.3 Å². The zero-order valence-corrected chi connectivity index (χ0v) is 10.4. The molecule has 1 N–H and O–H groups in total. The summed E-state index contributed by atoms with van der Waals surface area (Å²) in [6.07, 6.45) is 4.07. The van der Waals surface area contributed by atoms with E-state index in [4.69, 9.17) is 4.74 Å². The topological polar surface area (TPSA) is 46.5 Å². The van der Waals surface area contributed by atoms with Gasteiger partial charge >= 0.3 is 5.97 Å². The highest BCUT2D eigenvalue weighted by molar-refractivity contribution is 5.81. The second-order valence-corrected chi connectivity index (χ2v) is 4.80. The third kappa shape index (κ3) is 2.07. The minimum absolute atomic E-state index is 0.110. The minimum Gasteiger partial charge on any atom is -0.494 e. The summed E-state index contributed by atoms with van der Waals surface area (Å²) in [6.45, 7) is 0. The third-order valence-corrected chi connectivity index (χ3v) is 3.82. The Kier molecular flexibility index (Phi) is 3.55. The lowest BCUT2D eigenvalue weighted by molar-refractivity contribution is -0.145. The van der Waals surface area contributed by atoms with E-state index in [-0.39, 0.29) is 5.75 Å². The van der Waals surface area contributed by atoms with Gasteiger partial charge in [-0.25, -0.2) is 4.39 Å². The number of halogens is 1. The average Bonchev–Trinajstić information content (AvgIpc) is 2.40. The average molecular weight is 252 g/mol. The van der Waals surface area contributed by atoms with Crippen LogP contribution in [0.5, 0.6) is 5.75 Å². The molecule has 4 heteroatoms. The third-order valence-electron chi connectivity index (χ3n) is 3.82. The van der Waals surface area contributed by atoms with Crippen LogP contribution in [-0.2, 0) is 10.2 Å². The van der Waals surface area contributed by atoms with Gasteiger partial charge in [-0.05, 0) is 30.5 Å². The molecular weight excluding hydrogens is 235 g/mol. The number of hydrogen-bond acceptors (Lipinski definition) is 2. The van der Waals surface area contributed by atoms with Crippen molar-refractivity contribution in [2.45, 2.75) is 37.5 Å². The van der Waals surface area contributed by atoms with Crippen LogP contribution in [0.4, 0.5) is 4.39 Å². The predicted octanol–water partition coefficient (Wildman–Crippen LogP) is 3.12. The van der Waals surface area contributed by atoms with Crippen molar-refractivity contribution in [1.29, 1.82) is 0 Å². The van der Waals surface area contributed by atoms with Gasteiger partial charge in [0.15, 0.2) is 11.6 Å². The Morgan fingerprint density at radius 1 is 1.33 bits per heavy atom. The Bertz CT molecular complexity index is 450. The smallest absolute Gasteiger partial charge is 0.314 e. The molecule has 2 rings (SSSR count). The molecule has 0 heterocycles. The summed E-state index contributed by atoms with van der Waals surface area (Å²) >= 11 is 0. The molecule has 3 nitrogen and oxygen atoms in total. The van der Waals surface area contributed by atoms with Crippen LogP contribution in [0.1, 0.15) is 37.7 Å². The summed E-state index contributed by atoms with van der Waals surface area (Å²) in [6, 6.07) is 4.37. The van der Waals surface area contributed by atoms with Crippen molar-refractivity contribution in [3.05, 3.63) is 29.6 Å². The van der Waals surface area contributed by atoms with Gasteiger partial charge in [-0.15, -0.1) is 0 Å². The van der Waals surface area contributed by atoms with Crippen molar-refractivity contribution in [2.24, 2.45) is 0 Å². The van der Waals surface area contributed by atoms with Gasteiger partial charge in [0.05, 0.1) is 12.5 Å². The first-order chi connectivity index (χ1) is 8.60. The van der Waals surface area contributed by atoms with Crippen LogP contribution < -0.4 is 4.74 Å². The van der Waals surface area contributed by atoms with E-state index < -0.39 is 17.2 Å². The van der Waals surface area contributed by atoms with Crippen molar-refractivity contribution in [1.82, 2.24) is 0 Å². The summed E-state index contributed by atoms with van der Waals surface area (Å²) in [7, 11) is 1.39. The van der Waals surface area contributed by atoms with Crippen LogP contribution in [0.15, 0.2) is 18.2 Å². The van der Waals surface area contributed by atoms with E-state index in [1.807, 2.05) is 0 Å². The molecule has 0 aliphatic heterocycles. The second kappa shape index (κ2) is 4.96. The number of carboxylic acids is 1. The van der Waals surface area contributed by atoms with Crippen molar-refractivity contribution in [2.75, 3.05) is 7.11 Å². The monoisotopic (exact) mass is 252 g/mol. The first-order valence-corrected chi connectivity index (χ1v) is 6.17. The van der Waals surface area contributed by atoms with E-state index in [2.05, 4.69) is 0 Å². The van der Waals surface area contributed by atoms with E-state index in [9.17, 15) is 14.3 Å². The number of ether oxygens (including phenoxy) is 1. The van der Waals surface area contributed by atoms with Gasteiger partial charge in [0.25, 0.3) is 0 Å². The Morgan fingerprint density at radius 2 is 2.00 bits per heavy atom. The first kappa shape index (κ1) is 12.9. The molecule has 18 heavy (non-hydrogen) atoms. The molecule has 1 aliphatic rings. The van der Waals surface area contributed by atoms with Crippen LogP contribution in [0, 0.1) is 5.82 Å². The molecular formula is C14H17FO3. The van der Waals surface area contributed by atoms with Crippen molar-refractivity contribution < 1.29 is 19.0 Å². The van der Waals surface area contributed by atoms with Crippen LogP contribution in [0.25, 0.3) is 0 Å². The Labute approximate surface area is 106 Å². The number of rotatable bonds is 3. The number of carboxylic acid groups (broad SMARTS) is 1. The van der Waals surface area contributed by atoms with Gasteiger partial charge in [0, 0.05) is 0 Å². The molecule has 1 fully saturated rings. The molecule has 98 valence electrons. The fraction of sp³-hybridized carbons (Fsp3) is 0.500. The highest BCUT2D eigenvalue weighted by Gasteiger charge is 2.41. The Balaban J connectivity index is 2.45. The van der Waals surface area contributed by atoms with Crippen LogP contribution in [-0.4, -0.2) is 18.2 Å². The van der Waals surface area contributed by atoms with Gasteiger partial charge in [0.2, 0.25) is 0 Å². The normalized spacial score (nSPS) is 18.3. The molecule has 0 saturated heterocycles. The zero-order chi connectivity index (χ0) is 13.2. The molecule has 0 bridgehead atoms. The summed E-state index contributed by atoms with van der Waals surface area (Å²) in [5.41, 5.74) is -0.230. The maximum atomic E-state index is 13.4. The minimum atomic E-state index is -0.876. The number of aliphatic carboxylic acids is 1. The quantitative estimate of drug-likeness (QED) is 0.899. The lowest BCUT2D eigenvalue weighted by atomic mass is 9.69. The molecule has 0 amide bonds. The van der Waals surface area contributed by atoms with Gasteiger partial charge < -0.3 is 9.84 Å². The Morgan fingerprint density at radius 3 is 2.56 bits per heavy atom. The maximum Gasteiger partial charge on any atom is 0.314 e. The number of hydrogen-bond donors (Lipinski definition) is 1. The van der Waals surface area contributed by atoms with Gasteiger partial charge in [0.1, 0.15) is 0 Å². The number of carbonyl (C=O) groups is 1. The standard InChI is InChI=1S/C14H17FO3/c1-18-12-9-10(5-6-11(12)15)14(13(16)17)7-3-2-4-8-14/h5-6,9H,2-4,7-8H2,1H3,(H,16,17). The predicted molar refractivity (Wildman–Crippen MR) is 65.4 cm³/mol. The highest BCUT2D eigenvalue weighted by Crippen LogP contribution is 2.41. The Hall–Kier alpha value is -1.58. The fourth-order valence-corrected chi connectivity index (χ4v) is 2.74. The lowest BCUT2D eigenvalue weighted by Gasteiger charge is -2.33. The summed E-state index contributed by atoms with van der Waals surface area (Å²) in [5.74, 6) is -1.17. The van der Waals surface area contributed by atoms with Crippen LogP contribution in [0.2, 0.25) is 0 Å². The largest absolute Gasteiger partial charge is 0.494 e.